The van der Waals surface area contributed by atoms with E-state index in [4.69, 9.17) is 14.9 Å². The molecule has 0 fully saturated rings. The van der Waals surface area contributed by atoms with E-state index >= 15 is 0 Å². The molecule has 2 aromatic rings. The van der Waals surface area contributed by atoms with E-state index < -0.39 is 0 Å². The number of ether oxygens (including phenoxy) is 1. The van der Waals surface area contributed by atoms with E-state index in [9.17, 15) is 9.59 Å². The summed E-state index contributed by atoms with van der Waals surface area (Å²) in [5.41, 5.74) is 5.63. The van der Waals surface area contributed by atoms with Gasteiger partial charge in [0.25, 0.3) is 5.91 Å². The van der Waals surface area contributed by atoms with Gasteiger partial charge < -0.3 is 20.2 Å². The van der Waals surface area contributed by atoms with E-state index in [2.05, 4.69) is 5.32 Å². The van der Waals surface area contributed by atoms with Crippen molar-refractivity contribution in [3.63, 3.8) is 0 Å². The maximum atomic E-state index is 11.6. The number of hydrogen-bond donors (Lipinski definition) is 2. The molecule has 0 bridgehead atoms. The summed E-state index contributed by atoms with van der Waals surface area (Å²) in [7, 11) is 0. The molecular weight excluding hydrogens is 260 g/mol. The van der Waals surface area contributed by atoms with E-state index in [0.717, 1.165) is 6.26 Å². The van der Waals surface area contributed by atoms with Crippen LogP contribution >= 0.6 is 0 Å². The molecule has 0 saturated carbocycles. The predicted octanol–water partition coefficient (Wildman–Crippen LogP) is 1.12. The fourth-order valence-electron chi connectivity index (χ4n) is 1.51. The number of amides is 1. The van der Waals surface area contributed by atoms with Crippen LogP contribution in [0.25, 0.3) is 0 Å². The van der Waals surface area contributed by atoms with Crippen LogP contribution in [0.4, 0.5) is 5.69 Å². The Bertz CT molecular complexity index is 637. The number of hydrogen-bond acceptors (Lipinski definition) is 5. The second kappa shape index (κ2) is 6.53. The summed E-state index contributed by atoms with van der Waals surface area (Å²) in [6.07, 6.45) is 1.15. The molecule has 3 N–H and O–H groups in total. The van der Waals surface area contributed by atoms with E-state index in [1.165, 1.54) is 6.07 Å². The van der Waals surface area contributed by atoms with E-state index in [1.807, 2.05) is 6.07 Å². The van der Waals surface area contributed by atoms with Crippen LogP contribution in [0.15, 0.2) is 51.9 Å². The van der Waals surface area contributed by atoms with Crippen molar-refractivity contribution in [2.75, 3.05) is 11.9 Å². The second-order valence-corrected chi connectivity index (χ2v) is 3.98. The minimum Gasteiger partial charge on any atom is -0.477 e. The van der Waals surface area contributed by atoms with Gasteiger partial charge in [-0.1, -0.05) is 18.2 Å². The number of rotatable bonds is 5. The highest BCUT2D eigenvalue weighted by molar-refractivity contribution is 5.91. The highest BCUT2D eigenvalue weighted by Crippen LogP contribution is 2.07. The number of anilines is 1. The highest BCUT2D eigenvalue weighted by Gasteiger charge is 2.07. The van der Waals surface area contributed by atoms with Gasteiger partial charge in [-0.15, -0.1) is 0 Å². The molecule has 20 heavy (non-hydrogen) atoms. The molecule has 0 aliphatic heterocycles. The molecule has 0 aliphatic carbocycles. The molecule has 0 radical (unpaired) electrons. The first-order valence-electron chi connectivity index (χ1n) is 5.98. The van der Waals surface area contributed by atoms with Crippen LogP contribution in [0.2, 0.25) is 0 Å². The Balaban J connectivity index is 1.92. The fraction of sp³-hybridized carbons (Fsp3) is 0.143. The topological polar surface area (TPSA) is 94.6 Å². The molecule has 2 rings (SSSR count). The first-order chi connectivity index (χ1) is 9.69. The summed E-state index contributed by atoms with van der Waals surface area (Å²) < 4.78 is 10.2. The third kappa shape index (κ3) is 3.69. The maximum Gasteiger partial charge on any atom is 0.262 e. The zero-order valence-corrected chi connectivity index (χ0v) is 10.7. The van der Waals surface area contributed by atoms with Gasteiger partial charge in [0.1, 0.15) is 12.0 Å². The monoisotopic (exact) mass is 274 g/mol. The van der Waals surface area contributed by atoms with Crippen LogP contribution in [-0.2, 0) is 11.3 Å². The summed E-state index contributed by atoms with van der Waals surface area (Å²) in [5, 5.41) is 2.64. The molecule has 104 valence electrons. The molecule has 1 aromatic heterocycles. The third-order valence-electron chi connectivity index (χ3n) is 2.47. The smallest absolute Gasteiger partial charge is 0.262 e. The lowest BCUT2D eigenvalue weighted by molar-refractivity contribution is -0.118. The van der Waals surface area contributed by atoms with Gasteiger partial charge in [-0.3, -0.25) is 9.59 Å². The second-order valence-electron chi connectivity index (χ2n) is 3.98. The Morgan fingerprint density at radius 3 is 2.70 bits per heavy atom. The van der Waals surface area contributed by atoms with Crippen molar-refractivity contribution in [2.24, 2.45) is 5.73 Å². The van der Waals surface area contributed by atoms with Crippen molar-refractivity contribution >= 4 is 11.6 Å². The van der Waals surface area contributed by atoms with Gasteiger partial charge in [-0.2, -0.15) is 0 Å². The summed E-state index contributed by atoms with van der Waals surface area (Å²) in [4.78, 5) is 23.2. The number of carbonyl (C=O) groups is 1. The highest BCUT2D eigenvalue weighted by atomic mass is 16.5. The lowest BCUT2D eigenvalue weighted by Crippen LogP contribution is -2.22. The quantitative estimate of drug-likeness (QED) is 0.851. The van der Waals surface area contributed by atoms with Crippen LogP contribution in [0.1, 0.15) is 5.76 Å². The largest absolute Gasteiger partial charge is 0.477 e. The molecule has 6 heteroatoms. The first-order valence-corrected chi connectivity index (χ1v) is 5.98. The molecule has 1 amide bonds. The molecule has 0 saturated heterocycles. The molecule has 0 spiro atoms. The van der Waals surface area contributed by atoms with E-state index in [-0.39, 0.29) is 30.2 Å². The SMILES string of the molecule is NCc1cc(=O)c(OCC(=O)Nc2ccccc2)co1. The Hall–Kier alpha value is -2.60. The summed E-state index contributed by atoms with van der Waals surface area (Å²) >= 11 is 0. The molecule has 0 unspecified atom stereocenters. The minimum absolute atomic E-state index is 0.0228. The van der Waals surface area contributed by atoms with Crippen molar-refractivity contribution in [2.45, 2.75) is 6.54 Å². The molecular formula is C14H14N2O4. The first kappa shape index (κ1) is 13.8. The van der Waals surface area contributed by atoms with Crippen LogP contribution in [-0.4, -0.2) is 12.5 Å². The van der Waals surface area contributed by atoms with Crippen molar-refractivity contribution in [1.29, 1.82) is 0 Å². The molecule has 0 aliphatic rings. The van der Waals surface area contributed by atoms with Gasteiger partial charge in [0.2, 0.25) is 11.2 Å². The van der Waals surface area contributed by atoms with Crippen LogP contribution in [0.5, 0.6) is 5.75 Å². The number of nitrogens with two attached hydrogens (primary N) is 1. The van der Waals surface area contributed by atoms with Crippen molar-refractivity contribution in [3.05, 3.63) is 58.6 Å². The Morgan fingerprint density at radius 2 is 2.05 bits per heavy atom. The average molecular weight is 274 g/mol. The van der Waals surface area contributed by atoms with Gasteiger partial charge in [0, 0.05) is 11.8 Å². The third-order valence-corrected chi connectivity index (χ3v) is 2.47. The van der Waals surface area contributed by atoms with Gasteiger partial charge in [-0.05, 0) is 12.1 Å². The zero-order valence-electron chi connectivity index (χ0n) is 10.7. The lowest BCUT2D eigenvalue weighted by atomic mass is 10.3. The van der Waals surface area contributed by atoms with E-state index in [0.29, 0.717) is 11.4 Å². The summed E-state index contributed by atoms with van der Waals surface area (Å²) in [6, 6.07) is 10.2. The Labute approximate surface area is 115 Å². The molecule has 0 atom stereocenters. The van der Waals surface area contributed by atoms with Gasteiger partial charge in [0.05, 0.1) is 6.54 Å². The number of nitrogens with one attached hydrogen (secondary N) is 1. The van der Waals surface area contributed by atoms with Gasteiger partial charge in [0.15, 0.2) is 6.61 Å². The van der Waals surface area contributed by atoms with Crippen LogP contribution < -0.4 is 21.2 Å². The fourth-order valence-corrected chi connectivity index (χ4v) is 1.51. The molecule has 1 heterocycles. The predicted molar refractivity (Wildman–Crippen MR) is 73.4 cm³/mol. The normalized spacial score (nSPS) is 10.1. The maximum absolute atomic E-state index is 11.6. The van der Waals surface area contributed by atoms with Crippen molar-refractivity contribution in [3.8, 4) is 5.75 Å². The zero-order chi connectivity index (χ0) is 14.4. The van der Waals surface area contributed by atoms with Crippen molar-refractivity contribution < 1.29 is 13.9 Å². The van der Waals surface area contributed by atoms with Crippen LogP contribution in [0.3, 0.4) is 0 Å². The van der Waals surface area contributed by atoms with Crippen molar-refractivity contribution in [1.82, 2.24) is 0 Å². The number of benzene rings is 1. The number of carbonyl (C=O) groups excluding carboxylic acids is 1. The van der Waals surface area contributed by atoms with Gasteiger partial charge >= 0.3 is 0 Å². The van der Waals surface area contributed by atoms with Gasteiger partial charge in [-0.25, -0.2) is 0 Å². The molecule has 6 nitrogen and oxygen atoms in total. The Morgan fingerprint density at radius 1 is 1.30 bits per heavy atom. The van der Waals surface area contributed by atoms with Crippen LogP contribution in [0, 0.1) is 0 Å². The lowest BCUT2D eigenvalue weighted by Gasteiger charge is -2.06. The Kier molecular flexibility index (Phi) is 4.52. The van der Waals surface area contributed by atoms with E-state index in [1.54, 1.807) is 24.3 Å². The average Bonchev–Trinajstić information content (AvgIpc) is 2.47. The summed E-state index contributed by atoms with van der Waals surface area (Å²) in [6.45, 7) is -0.147. The molecule has 1 aromatic carbocycles. The summed E-state index contributed by atoms with van der Waals surface area (Å²) in [5.74, 6) is -0.0278. The minimum atomic E-state index is -0.371. The standard InChI is InChI=1S/C14H14N2O4/c15-7-11-6-12(17)13(8-19-11)20-9-14(18)16-10-4-2-1-3-5-10/h1-6,8H,7,9,15H2,(H,16,18). The number of para-hydroxylation sites is 1.